The number of aryl methyl sites for hydroxylation is 1. The predicted octanol–water partition coefficient (Wildman–Crippen LogP) is 3.53. The van der Waals surface area contributed by atoms with Crippen molar-refractivity contribution >= 4 is 12.1 Å². The van der Waals surface area contributed by atoms with Crippen molar-refractivity contribution < 1.29 is 24.2 Å². The lowest BCUT2D eigenvalue weighted by Crippen LogP contribution is -2.17. The average Bonchev–Trinajstić information content (AvgIpc) is 2.48. The second-order valence-electron chi connectivity index (χ2n) is 4.22. The molecule has 0 aliphatic carbocycles. The van der Waals surface area contributed by atoms with E-state index in [1.165, 1.54) is 6.07 Å². The number of para-hydroxylation sites is 2. The summed E-state index contributed by atoms with van der Waals surface area (Å²) >= 11 is 0. The van der Waals surface area contributed by atoms with Crippen molar-refractivity contribution in [3.05, 3.63) is 59.7 Å². The Hall–Kier alpha value is -2.82. The number of ether oxygens (including phenoxy) is 2. The molecule has 5 heteroatoms. The van der Waals surface area contributed by atoms with E-state index < -0.39 is 12.1 Å². The van der Waals surface area contributed by atoms with Gasteiger partial charge in [0.25, 0.3) is 0 Å². The number of benzene rings is 2. The lowest BCUT2D eigenvalue weighted by molar-refractivity contribution is 0.0693. The van der Waals surface area contributed by atoms with Crippen LogP contribution in [0.1, 0.15) is 22.8 Å². The van der Waals surface area contributed by atoms with Gasteiger partial charge in [-0.2, -0.15) is 0 Å². The van der Waals surface area contributed by atoms with Gasteiger partial charge in [-0.3, -0.25) is 0 Å². The molecule has 2 aromatic carbocycles. The third kappa shape index (κ3) is 3.60. The van der Waals surface area contributed by atoms with Crippen molar-refractivity contribution in [2.45, 2.75) is 13.3 Å². The van der Waals surface area contributed by atoms with E-state index in [1.807, 2.05) is 6.92 Å². The molecule has 0 saturated carbocycles. The van der Waals surface area contributed by atoms with Gasteiger partial charge in [-0.25, -0.2) is 9.59 Å². The van der Waals surface area contributed by atoms with Crippen molar-refractivity contribution in [1.82, 2.24) is 0 Å². The first-order valence-corrected chi connectivity index (χ1v) is 6.41. The molecule has 0 atom stereocenters. The van der Waals surface area contributed by atoms with E-state index >= 15 is 0 Å². The van der Waals surface area contributed by atoms with Crippen molar-refractivity contribution in [3.8, 4) is 11.5 Å². The molecular weight excluding hydrogens is 272 g/mol. The van der Waals surface area contributed by atoms with E-state index in [2.05, 4.69) is 0 Å². The summed E-state index contributed by atoms with van der Waals surface area (Å²) in [5.41, 5.74) is 0.555. The molecule has 0 saturated heterocycles. The zero-order chi connectivity index (χ0) is 15.2. The topological polar surface area (TPSA) is 72.8 Å². The lowest BCUT2D eigenvalue weighted by atomic mass is 10.1. The Bertz CT molecular complexity index is 649. The molecule has 1 N–H and O–H groups in total. The highest BCUT2D eigenvalue weighted by Crippen LogP contribution is 2.25. The average molecular weight is 286 g/mol. The molecule has 0 amide bonds. The monoisotopic (exact) mass is 286 g/mol. The van der Waals surface area contributed by atoms with Gasteiger partial charge in [-0.1, -0.05) is 37.3 Å². The standard InChI is InChI=1S/C16H14O5/c1-2-11-7-6-10-13(15(17)18)14(11)21-16(19)20-12-8-4-3-5-9-12/h3-10H,2H2,1H3,(H,17,18). The van der Waals surface area contributed by atoms with Crippen LogP contribution in [0.25, 0.3) is 0 Å². The van der Waals surface area contributed by atoms with E-state index in [1.54, 1.807) is 42.5 Å². The van der Waals surface area contributed by atoms with Crippen LogP contribution < -0.4 is 9.47 Å². The van der Waals surface area contributed by atoms with Crippen LogP contribution in [0.5, 0.6) is 11.5 Å². The highest BCUT2D eigenvalue weighted by Gasteiger charge is 2.18. The maximum atomic E-state index is 11.8. The third-order valence-corrected chi connectivity index (χ3v) is 2.84. The van der Waals surface area contributed by atoms with Gasteiger partial charge in [0.05, 0.1) is 0 Å². The number of carbonyl (C=O) groups is 2. The first-order valence-electron chi connectivity index (χ1n) is 6.41. The Kier molecular flexibility index (Phi) is 4.56. The second-order valence-corrected chi connectivity index (χ2v) is 4.22. The van der Waals surface area contributed by atoms with Crippen LogP contribution in [0.4, 0.5) is 4.79 Å². The summed E-state index contributed by atoms with van der Waals surface area (Å²) in [6, 6.07) is 13.1. The molecule has 21 heavy (non-hydrogen) atoms. The summed E-state index contributed by atoms with van der Waals surface area (Å²) in [6.07, 6.45) is -0.431. The minimum atomic E-state index is -1.16. The highest BCUT2D eigenvalue weighted by molar-refractivity contribution is 5.92. The summed E-state index contributed by atoms with van der Waals surface area (Å²) in [5.74, 6) is -0.811. The number of carbonyl (C=O) groups excluding carboxylic acids is 1. The Morgan fingerprint density at radius 1 is 1.00 bits per heavy atom. The lowest BCUT2D eigenvalue weighted by Gasteiger charge is -2.11. The van der Waals surface area contributed by atoms with Crippen molar-refractivity contribution in [1.29, 1.82) is 0 Å². The van der Waals surface area contributed by atoms with Crippen LogP contribution in [-0.2, 0) is 6.42 Å². The van der Waals surface area contributed by atoms with Crippen molar-refractivity contribution in [3.63, 3.8) is 0 Å². The Labute approximate surface area is 121 Å². The van der Waals surface area contributed by atoms with Crippen molar-refractivity contribution in [2.24, 2.45) is 0 Å². The fourth-order valence-electron chi connectivity index (χ4n) is 1.84. The van der Waals surface area contributed by atoms with Gasteiger partial charge in [-0.15, -0.1) is 0 Å². The summed E-state index contributed by atoms with van der Waals surface area (Å²) in [4.78, 5) is 23.0. The first kappa shape index (κ1) is 14.6. The number of hydrogen-bond acceptors (Lipinski definition) is 4. The van der Waals surface area contributed by atoms with E-state index in [4.69, 9.17) is 14.6 Å². The largest absolute Gasteiger partial charge is 0.519 e. The van der Waals surface area contributed by atoms with Gasteiger partial charge < -0.3 is 14.6 Å². The van der Waals surface area contributed by atoms with Crippen LogP contribution in [0, 0.1) is 0 Å². The molecule has 0 aromatic heterocycles. The SMILES string of the molecule is CCc1cccc(C(=O)O)c1OC(=O)Oc1ccccc1. The van der Waals surface area contributed by atoms with Gasteiger partial charge in [0, 0.05) is 0 Å². The summed E-state index contributed by atoms with van der Waals surface area (Å²) in [7, 11) is 0. The van der Waals surface area contributed by atoms with Crippen molar-refractivity contribution in [2.75, 3.05) is 0 Å². The number of carboxylic acids is 1. The quantitative estimate of drug-likeness (QED) is 0.687. The molecular formula is C16H14O5. The Balaban J connectivity index is 2.22. The molecule has 0 spiro atoms. The van der Waals surface area contributed by atoms with E-state index in [0.717, 1.165) is 0 Å². The van der Waals surface area contributed by atoms with Crippen LogP contribution in [-0.4, -0.2) is 17.2 Å². The number of carboxylic acid groups (broad SMARTS) is 1. The fraction of sp³-hybridized carbons (Fsp3) is 0.125. The minimum Gasteiger partial charge on any atom is -0.478 e. The van der Waals surface area contributed by atoms with E-state index in [0.29, 0.717) is 17.7 Å². The first-order chi connectivity index (χ1) is 10.1. The Morgan fingerprint density at radius 2 is 1.71 bits per heavy atom. The van der Waals surface area contributed by atoms with Gasteiger partial charge in [-0.05, 0) is 30.2 Å². The minimum absolute atomic E-state index is 0.0217. The molecule has 0 aliphatic rings. The van der Waals surface area contributed by atoms with Crippen LogP contribution in [0.3, 0.4) is 0 Å². The molecule has 0 radical (unpaired) electrons. The maximum absolute atomic E-state index is 11.8. The summed E-state index contributed by atoms with van der Waals surface area (Å²) in [5, 5.41) is 9.16. The number of rotatable bonds is 4. The maximum Gasteiger partial charge on any atom is 0.519 e. The zero-order valence-corrected chi connectivity index (χ0v) is 11.4. The molecule has 0 aliphatic heterocycles. The molecule has 108 valence electrons. The zero-order valence-electron chi connectivity index (χ0n) is 11.4. The predicted molar refractivity (Wildman–Crippen MR) is 75.9 cm³/mol. The van der Waals surface area contributed by atoms with Gasteiger partial charge >= 0.3 is 12.1 Å². The molecule has 0 unspecified atom stereocenters. The summed E-state index contributed by atoms with van der Waals surface area (Å²) < 4.78 is 10.1. The molecule has 0 fully saturated rings. The van der Waals surface area contributed by atoms with Crippen LogP contribution in [0.2, 0.25) is 0 Å². The summed E-state index contributed by atoms with van der Waals surface area (Å²) in [6.45, 7) is 1.84. The third-order valence-electron chi connectivity index (χ3n) is 2.84. The van der Waals surface area contributed by atoms with Crippen LogP contribution >= 0.6 is 0 Å². The van der Waals surface area contributed by atoms with Crippen LogP contribution in [0.15, 0.2) is 48.5 Å². The van der Waals surface area contributed by atoms with E-state index in [-0.39, 0.29) is 11.3 Å². The van der Waals surface area contributed by atoms with Gasteiger partial charge in [0.1, 0.15) is 11.3 Å². The Morgan fingerprint density at radius 3 is 2.33 bits per heavy atom. The van der Waals surface area contributed by atoms with E-state index in [9.17, 15) is 9.59 Å². The molecule has 2 rings (SSSR count). The smallest absolute Gasteiger partial charge is 0.478 e. The second kappa shape index (κ2) is 6.56. The molecule has 0 heterocycles. The van der Waals surface area contributed by atoms with Gasteiger partial charge in [0.15, 0.2) is 5.75 Å². The molecule has 5 nitrogen and oxygen atoms in total. The number of hydrogen-bond donors (Lipinski definition) is 1. The normalized spacial score (nSPS) is 9.95. The highest BCUT2D eigenvalue weighted by atomic mass is 16.7. The molecule has 0 bridgehead atoms. The number of aromatic carboxylic acids is 1. The fourth-order valence-corrected chi connectivity index (χ4v) is 1.84. The van der Waals surface area contributed by atoms with Gasteiger partial charge in [0.2, 0.25) is 0 Å². The molecule has 2 aromatic rings.